The van der Waals surface area contributed by atoms with E-state index in [1.807, 2.05) is 0 Å². The predicted octanol–water partition coefficient (Wildman–Crippen LogP) is 5.43. The summed E-state index contributed by atoms with van der Waals surface area (Å²) in [6.45, 7) is 0. The Morgan fingerprint density at radius 2 is 1.70 bits per heavy atom. The van der Waals surface area contributed by atoms with Gasteiger partial charge in [0.2, 0.25) is 0 Å². The molecule has 0 aliphatic rings. The maximum atomic E-state index is 12.3. The summed E-state index contributed by atoms with van der Waals surface area (Å²) >= 11 is 12.4. The molecule has 152 valence electrons. The normalized spacial score (nSPS) is 10.8. The molecule has 0 aliphatic heterocycles. The quantitative estimate of drug-likeness (QED) is 0.145. The maximum absolute atomic E-state index is 12.3. The molecule has 0 saturated carbocycles. The monoisotopic (exact) mass is 549 g/mol. The molecule has 9 heteroatoms. The Morgan fingerprint density at radius 3 is 2.37 bits per heavy atom. The number of halogens is 3. The summed E-state index contributed by atoms with van der Waals surface area (Å²) in [6.07, 6.45) is 1.46. The van der Waals surface area contributed by atoms with Crippen molar-refractivity contribution in [2.75, 3.05) is 5.73 Å². The smallest absolute Gasteiger partial charge is 0.343 e. The number of ether oxygens (including phenoxy) is 1. The second-order valence-corrected chi connectivity index (χ2v) is 8.22. The minimum Gasteiger partial charge on any atom is -0.423 e. The van der Waals surface area contributed by atoms with Crippen molar-refractivity contribution >= 4 is 67.2 Å². The van der Waals surface area contributed by atoms with Crippen LogP contribution in [-0.2, 0) is 0 Å². The van der Waals surface area contributed by atoms with Crippen LogP contribution in [0.3, 0.4) is 0 Å². The van der Waals surface area contributed by atoms with Crippen LogP contribution in [-0.4, -0.2) is 18.1 Å². The third kappa shape index (κ3) is 5.69. The van der Waals surface area contributed by atoms with E-state index in [0.29, 0.717) is 36.5 Å². The Kier molecular flexibility index (Phi) is 7.25. The number of carbonyl (C=O) groups excluding carboxylic acids is 2. The van der Waals surface area contributed by atoms with E-state index in [9.17, 15) is 9.59 Å². The number of nitrogen functional groups attached to an aromatic ring is 1. The van der Waals surface area contributed by atoms with Gasteiger partial charge in [0.15, 0.2) is 0 Å². The number of nitrogens with two attached hydrogens (primary N) is 1. The fourth-order valence-corrected chi connectivity index (χ4v) is 3.72. The minimum absolute atomic E-state index is 0.290. The van der Waals surface area contributed by atoms with Gasteiger partial charge in [0, 0.05) is 14.0 Å². The lowest BCUT2D eigenvalue weighted by Gasteiger charge is -2.07. The highest BCUT2D eigenvalue weighted by molar-refractivity contribution is 9.11. The van der Waals surface area contributed by atoms with E-state index in [0.717, 1.165) is 0 Å². The van der Waals surface area contributed by atoms with Gasteiger partial charge in [0.05, 0.1) is 23.0 Å². The molecule has 0 saturated heterocycles. The van der Waals surface area contributed by atoms with Gasteiger partial charge in [-0.1, -0.05) is 27.5 Å². The Bertz CT molecular complexity index is 1120. The molecule has 0 radical (unpaired) electrons. The molecule has 3 aromatic carbocycles. The zero-order chi connectivity index (χ0) is 21.7. The third-order valence-electron chi connectivity index (χ3n) is 3.89. The molecule has 0 aliphatic carbocycles. The molecule has 0 unspecified atom stereocenters. The molecule has 6 nitrogen and oxygen atoms in total. The number of hydrogen-bond acceptors (Lipinski definition) is 5. The standard InChI is InChI=1S/C21H14Br2ClN3O3/c22-14-9-17(19(25)18(23)10-14)20(28)27-26-11-12-1-7-16(8-2-12)30-21(29)13-3-5-15(24)6-4-13/h1-11H,25H2,(H,27,28)/b26-11+. The van der Waals surface area contributed by atoms with Crippen LogP contribution in [0, 0.1) is 0 Å². The Labute approximate surface area is 194 Å². The van der Waals surface area contributed by atoms with E-state index in [1.54, 1.807) is 60.7 Å². The number of hydrogen-bond donors (Lipinski definition) is 2. The number of rotatable bonds is 5. The largest absolute Gasteiger partial charge is 0.423 e. The fraction of sp³-hybridized carbons (Fsp3) is 0. The molecule has 0 fully saturated rings. The molecule has 3 N–H and O–H groups in total. The summed E-state index contributed by atoms with van der Waals surface area (Å²) in [5.74, 6) is -0.555. The Balaban J connectivity index is 1.60. The number of hydrazone groups is 1. The van der Waals surface area contributed by atoms with Crippen LogP contribution in [0.5, 0.6) is 5.75 Å². The first-order valence-electron chi connectivity index (χ1n) is 8.49. The van der Waals surface area contributed by atoms with Gasteiger partial charge in [0.25, 0.3) is 5.91 Å². The molecule has 0 bridgehead atoms. The van der Waals surface area contributed by atoms with Crippen molar-refractivity contribution in [1.29, 1.82) is 0 Å². The van der Waals surface area contributed by atoms with E-state index in [-0.39, 0.29) is 5.56 Å². The van der Waals surface area contributed by atoms with E-state index in [1.165, 1.54) is 6.21 Å². The lowest BCUT2D eigenvalue weighted by Crippen LogP contribution is -2.19. The summed E-state index contributed by atoms with van der Waals surface area (Å²) in [5.41, 5.74) is 10.0. The topological polar surface area (TPSA) is 93.8 Å². The molecule has 3 rings (SSSR count). The highest BCUT2D eigenvalue weighted by Crippen LogP contribution is 2.28. The molecule has 0 spiro atoms. The van der Waals surface area contributed by atoms with Gasteiger partial charge >= 0.3 is 5.97 Å². The van der Waals surface area contributed by atoms with Crippen LogP contribution in [0.1, 0.15) is 26.3 Å². The first-order chi connectivity index (χ1) is 14.3. The minimum atomic E-state index is -0.488. The molecule has 3 aromatic rings. The van der Waals surface area contributed by atoms with Gasteiger partial charge in [-0.2, -0.15) is 5.10 Å². The van der Waals surface area contributed by atoms with Crippen molar-refractivity contribution in [1.82, 2.24) is 5.43 Å². The lowest BCUT2D eigenvalue weighted by atomic mass is 10.2. The Morgan fingerprint density at radius 1 is 1.03 bits per heavy atom. The first-order valence-corrected chi connectivity index (χ1v) is 10.5. The average molecular weight is 552 g/mol. The summed E-state index contributed by atoms with van der Waals surface area (Å²) in [7, 11) is 0. The summed E-state index contributed by atoms with van der Waals surface area (Å²) < 4.78 is 6.63. The maximum Gasteiger partial charge on any atom is 0.343 e. The Hall–Kier alpha value is -2.68. The second-order valence-electron chi connectivity index (χ2n) is 6.01. The number of benzene rings is 3. The van der Waals surface area contributed by atoms with Crippen molar-refractivity contribution in [3.05, 3.63) is 91.3 Å². The van der Waals surface area contributed by atoms with Crippen LogP contribution in [0.4, 0.5) is 5.69 Å². The zero-order valence-corrected chi connectivity index (χ0v) is 19.2. The van der Waals surface area contributed by atoms with E-state index in [4.69, 9.17) is 22.1 Å². The van der Waals surface area contributed by atoms with Gasteiger partial charge in [0.1, 0.15) is 5.75 Å². The van der Waals surface area contributed by atoms with Crippen molar-refractivity contribution in [3.63, 3.8) is 0 Å². The number of amides is 1. The SMILES string of the molecule is Nc1c(Br)cc(Br)cc1C(=O)N/N=C/c1ccc(OC(=O)c2ccc(Cl)cc2)cc1. The highest BCUT2D eigenvalue weighted by Gasteiger charge is 2.13. The number of esters is 1. The number of anilines is 1. The number of carbonyl (C=O) groups is 2. The number of nitrogens with zero attached hydrogens (tertiary/aromatic N) is 1. The molecule has 1 amide bonds. The van der Waals surface area contributed by atoms with E-state index >= 15 is 0 Å². The summed E-state index contributed by atoms with van der Waals surface area (Å²) in [6, 6.07) is 16.4. The van der Waals surface area contributed by atoms with E-state index < -0.39 is 11.9 Å². The van der Waals surface area contributed by atoms with Gasteiger partial charge < -0.3 is 10.5 Å². The first kappa shape index (κ1) is 22.0. The van der Waals surface area contributed by atoms with E-state index in [2.05, 4.69) is 42.4 Å². The summed E-state index contributed by atoms with van der Waals surface area (Å²) in [5, 5.41) is 4.47. The molecule has 0 heterocycles. The fourth-order valence-electron chi connectivity index (χ4n) is 2.37. The molecule has 0 aromatic heterocycles. The summed E-state index contributed by atoms with van der Waals surface area (Å²) in [4.78, 5) is 24.4. The van der Waals surface area contributed by atoms with Crippen LogP contribution in [0.15, 0.2) is 74.7 Å². The van der Waals surface area contributed by atoms with Gasteiger partial charge in [-0.15, -0.1) is 0 Å². The van der Waals surface area contributed by atoms with Crippen molar-refractivity contribution in [3.8, 4) is 5.75 Å². The van der Waals surface area contributed by atoms with Crippen LogP contribution in [0.25, 0.3) is 0 Å². The molecule has 30 heavy (non-hydrogen) atoms. The molecular formula is C21H14Br2ClN3O3. The van der Waals surface area contributed by atoms with Gasteiger partial charge in [-0.05, 0) is 82.2 Å². The third-order valence-corrected chi connectivity index (χ3v) is 5.26. The predicted molar refractivity (Wildman–Crippen MR) is 124 cm³/mol. The van der Waals surface area contributed by atoms with Gasteiger partial charge in [-0.25, -0.2) is 10.2 Å². The van der Waals surface area contributed by atoms with Crippen molar-refractivity contribution < 1.29 is 14.3 Å². The zero-order valence-electron chi connectivity index (χ0n) is 15.2. The van der Waals surface area contributed by atoms with Crippen LogP contribution < -0.4 is 15.9 Å². The molecule has 0 atom stereocenters. The van der Waals surface area contributed by atoms with Crippen LogP contribution >= 0.6 is 43.5 Å². The lowest BCUT2D eigenvalue weighted by molar-refractivity contribution is 0.0734. The number of nitrogens with one attached hydrogen (secondary N) is 1. The molecular weight excluding hydrogens is 538 g/mol. The second kappa shape index (κ2) is 9.88. The van der Waals surface area contributed by atoms with Crippen molar-refractivity contribution in [2.24, 2.45) is 5.10 Å². The van der Waals surface area contributed by atoms with Crippen molar-refractivity contribution in [2.45, 2.75) is 0 Å². The van der Waals surface area contributed by atoms with Gasteiger partial charge in [-0.3, -0.25) is 4.79 Å². The van der Waals surface area contributed by atoms with Crippen LogP contribution in [0.2, 0.25) is 5.02 Å². The highest BCUT2D eigenvalue weighted by atomic mass is 79.9. The average Bonchev–Trinajstić information content (AvgIpc) is 2.72.